The second-order valence-electron chi connectivity index (χ2n) is 6.31. The Hall–Kier alpha value is -3.53. The van der Waals surface area contributed by atoms with Crippen LogP contribution >= 0.6 is 11.3 Å². The van der Waals surface area contributed by atoms with Gasteiger partial charge in [-0.15, -0.1) is 11.3 Å². The molecular formula is C19H17N5O4S. The van der Waals surface area contributed by atoms with Crippen LogP contribution in [0.3, 0.4) is 0 Å². The molecule has 0 fully saturated rings. The number of nitrogens with one attached hydrogen (secondary N) is 2. The van der Waals surface area contributed by atoms with Crippen LogP contribution in [0.4, 0.5) is 0 Å². The van der Waals surface area contributed by atoms with Gasteiger partial charge in [0.05, 0.1) is 22.5 Å². The molecule has 3 heterocycles. The molecule has 0 saturated carbocycles. The fraction of sp³-hybridized carbons (Fsp3) is 0.211. The summed E-state index contributed by atoms with van der Waals surface area (Å²) < 4.78 is 6.66. The van der Waals surface area contributed by atoms with Gasteiger partial charge in [0, 0.05) is 12.1 Å². The molecule has 0 unspecified atom stereocenters. The Kier molecular flexibility index (Phi) is 5.09. The maximum absolute atomic E-state index is 12.1. The van der Waals surface area contributed by atoms with E-state index in [0.717, 1.165) is 6.42 Å². The number of fused-ring (bicyclic) bond motifs is 1. The first-order valence-electron chi connectivity index (χ1n) is 8.98. The third-order valence-electron chi connectivity index (χ3n) is 4.29. The van der Waals surface area contributed by atoms with Crippen LogP contribution in [0.5, 0.6) is 0 Å². The average Bonchev–Trinajstić information content (AvgIpc) is 3.41. The number of amides is 1. The lowest BCUT2D eigenvalue weighted by molar-refractivity contribution is 0.0950. The van der Waals surface area contributed by atoms with E-state index in [1.807, 2.05) is 12.3 Å². The molecule has 0 aliphatic carbocycles. The molecule has 0 radical (unpaired) electrons. The van der Waals surface area contributed by atoms with Gasteiger partial charge in [-0.3, -0.25) is 14.4 Å². The summed E-state index contributed by atoms with van der Waals surface area (Å²) >= 11 is 1.34. The van der Waals surface area contributed by atoms with Crippen LogP contribution in [0.1, 0.15) is 28.9 Å². The summed E-state index contributed by atoms with van der Waals surface area (Å²) in [6, 6.07) is 8.72. The van der Waals surface area contributed by atoms with Crippen molar-refractivity contribution in [1.82, 2.24) is 25.0 Å². The van der Waals surface area contributed by atoms with Crippen molar-refractivity contribution in [3.8, 4) is 11.4 Å². The highest BCUT2D eigenvalue weighted by Gasteiger charge is 2.13. The van der Waals surface area contributed by atoms with Crippen molar-refractivity contribution in [3.05, 3.63) is 67.2 Å². The highest BCUT2D eigenvalue weighted by Crippen LogP contribution is 2.20. The van der Waals surface area contributed by atoms with E-state index in [2.05, 4.69) is 20.4 Å². The Morgan fingerprint density at radius 2 is 2.17 bits per heavy atom. The molecule has 10 heteroatoms. The molecule has 2 N–H and O–H groups in total. The number of hydrogen-bond donors (Lipinski definition) is 2. The first kappa shape index (κ1) is 18.8. The van der Waals surface area contributed by atoms with Crippen LogP contribution in [0.2, 0.25) is 0 Å². The minimum Gasteiger partial charge on any atom is -0.342 e. The van der Waals surface area contributed by atoms with Crippen LogP contribution in [0, 0.1) is 0 Å². The zero-order valence-electron chi connectivity index (χ0n) is 15.5. The van der Waals surface area contributed by atoms with Crippen molar-refractivity contribution in [2.45, 2.75) is 26.4 Å². The average molecular weight is 411 g/mol. The van der Waals surface area contributed by atoms with Gasteiger partial charge in [-0.2, -0.15) is 4.98 Å². The van der Waals surface area contributed by atoms with Gasteiger partial charge >= 0.3 is 11.1 Å². The lowest BCUT2D eigenvalue weighted by Gasteiger charge is -2.08. The normalized spacial score (nSPS) is 11.1. The first-order valence-corrected chi connectivity index (χ1v) is 9.86. The number of carbonyl (C=O) groups is 1. The van der Waals surface area contributed by atoms with E-state index >= 15 is 0 Å². The molecule has 1 aromatic carbocycles. The SMILES string of the molecule is CCCn1c(=O)c(=O)[nH]c2cc(-c3noc(CNC(=O)c4cccs4)n3)ccc21. The smallest absolute Gasteiger partial charge is 0.316 e. The van der Waals surface area contributed by atoms with Crippen molar-refractivity contribution in [1.29, 1.82) is 0 Å². The van der Waals surface area contributed by atoms with E-state index in [1.165, 1.54) is 15.9 Å². The van der Waals surface area contributed by atoms with Gasteiger partial charge in [0.1, 0.15) is 0 Å². The Bertz CT molecular complexity index is 1290. The summed E-state index contributed by atoms with van der Waals surface area (Å²) in [7, 11) is 0. The van der Waals surface area contributed by atoms with E-state index < -0.39 is 11.1 Å². The van der Waals surface area contributed by atoms with Gasteiger partial charge in [0.25, 0.3) is 5.91 Å². The highest BCUT2D eigenvalue weighted by atomic mass is 32.1. The molecule has 0 bridgehead atoms. The molecule has 4 rings (SSSR count). The molecule has 1 amide bonds. The summed E-state index contributed by atoms with van der Waals surface area (Å²) in [5.41, 5.74) is 0.517. The minimum absolute atomic E-state index is 0.101. The van der Waals surface area contributed by atoms with E-state index in [-0.39, 0.29) is 18.3 Å². The zero-order chi connectivity index (χ0) is 20.4. The van der Waals surface area contributed by atoms with Crippen molar-refractivity contribution in [2.75, 3.05) is 0 Å². The number of thiophene rings is 1. The number of hydrogen-bond acceptors (Lipinski definition) is 7. The summed E-state index contributed by atoms with van der Waals surface area (Å²) in [5, 5.41) is 8.48. The quantitative estimate of drug-likeness (QED) is 0.469. The zero-order valence-corrected chi connectivity index (χ0v) is 16.3. The van der Waals surface area contributed by atoms with Crippen LogP contribution in [-0.4, -0.2) is 25.6 Å². The van der Waals surface area contributed by atoms with Crippen molar-refractivity contribution >= 4 is 28.3 Å². The molecule has 0 saturated heterocycles. The summed E-state index contributed by atoms with van der Waals surface area (Å²) in [5.74, 6) is 0.368. The number of benzene rings is 1. The largest absolute Gasteiger partial charge is 0.342 e. The Balaban J connectivity index is 1.59. The van der Waals surface area contributed by atoms with Crippen LogP contribution in [0.15, 0.2) is 49.8 Å². The first-order chi connectivity index (χ1) is 14.1. The Morgan fingerprint density at radius 1 is 1.31 bits per heavy atom. The van der Waals surface area contributed by atoms with Gasteiger partial charge in [-0.25, -0.2) is 0 Å². The molecule has 0 atom stereocenters. The molecule has 3 aromatic heterocycles. The van der Waals surface area contributed by atoms with Gasteiger partial charge in [0.2, 0.25) is 11.7 Å². The number of aromatic amines is 1. The molecule has 0 aliphatic rings. The Morgan fingerprint density at radius 3 is 2.93 bits per heavy atom. The number of nitrogens with zero attached hydrogens (tertiary/aromatic N) is 3. The number of H-pyrrole nitrogens is 1. The minimum atomic E-state index is -0.673. The molecule has 0 aliphatic heterocycles. The molecule has 0 spiro atoms. The van der Waals surface area contributed by atoms with Gasteiger partial charge in [0.15, 0.2) is 0 Å². The Labute approximate surface area is 168 Å². The van der Waals surface area contributed by atoms with Crippen molar-refractivity contribution in [2.24, 2.45) is 0 Å². The summed E-state index contributed by atoms with van der Waals surface area (Å²) in [6.45, 7) is 2.49. The second-order valence-corrected chi connectivity index (χ2v) is 7.26. The maximum atomic E-state index is 12.1. The third-order valence-corrected chi connectivity index (χ3v) is 5.16. The van der Waals surface area contributed by atoms with Gasteiger partial charge < -0.3 is 19.4 Å². The number of aryl methyl sites for hydroxylation is 1. The topological polar surface area (TPSA) is 123 Å². The fourth-order valence-electron chi connectivity index (χ4n) is 2.96. The lowest BCUT2D eigenvalue weighted by Crippen LogP contribution is -2.36. The van der Waals surface area contributed by atoms with E-state index in [0.29, 0.717) is 33.8 Å². The lowest BCUT2D eigenvalue weighted by atomic mass is 10.2. The van der Waals surface area contributed by atoms with Crippen molar-refractivity contribution in [3.63, 3.8) is 0 Å². The van der Waals surface area contributed by atoms with Crippen LogP contribution in [-0.2, 0) is 13.1 Å². The molecule has 29 heavy (non-hydrogen) atoms. The molecular weight excluding hydrogens is 394 g/mol. The predicted octanol–water partition coefficient (Wildman–Crippen LogP) is 2.14. The third kappa shape index (κ3) is 3.74. The number of carbonyl (C=O) groups excluding carboxylic acids is 1. The number of aromatic nitrogens is 4. The second kappa shape index (κ2) is 7.84. The van der Waals surface area contributed by atoms with Crippen molar-refractivity contribution < 1.29 is 9.32 Å². The molecule has 9 nitrogen and oxygen atoms in total. The fourth-order valence-corrected chi connectivity index (χ4v) is 3.60. The monoisotopic (exact) mass is 411 g/mol. The van der Waals surface area contributed by atoms with E-state index in [1.54, 1.807) is 30.3 Å². The summed E-state index contributed by atoms with van der Waals surface area (Å²) in [4.78, 5) is 43.5. The highest BCUT2D eigenvalue weighted by molar-refractivity contribution is 7.12. The maximum Gasteiger partial charge on any atom is 0.316 e. The van der Waals surface area contributed by atoms with Crippen LogP contribution in [0.25, 0.3) is 22.4 Å². The van der Waals surface area contributed by atoms with Gasteiger partial charge in [-0.05, 0) is 36.1 Å². The predicted molar refractivity (Wildman–Crippen MR) is 108 cm³/mol. The molecule has 148 valence electrons. The van der Waals surface area contributed by atoms with E-state index in [4.69, 9.17) is 4.52 Å². The summed E-state index contributed by atoms with van der Waals surface area (Å²) in [6.07, 6.45) is 0.728. The van der Waals surface area contributed by atoms with Crippen LogP contribution < -0.4 is 16.4 Å². The molecule has 4 aromatic rings. The standard InChI is InChI=1S/C19H17N5O4S/c1-2-7-24-13-6-5-11(9-12(13)21-18(26)19(24)27)16-22-15(28-23-16)10-20-17(25)14-4-3-8-29-14/h3-6,8-9H,2,7,10H2,1H3,(H,20,25)(H,21,26). The van der Waals surface area contributed by atoms with Gasteiger partial charge in [-0.1, -0.05) is 18.1 Å². The number of rotatable bonds is 6. The van der Waals surface area contributed by atoms with E-state index in [9.17, 15) is 14.4 Å².